The number of H-pyrrole nitrogens is 1. The summed E-state index contributed by atoms with van der Waals surface area (Å²) >= 11 is 0. The Morgan fingerprint density at radius 3 is 2.50 bits per heavy atom. The number of halogens is 1. The molecule has 0 spiro atoms. The molecule has 1 heterocycles. The third-order valence-corrected chi connectivity index (χ3v) is 7.08. The lowest BCUT2D eigenvalue weighted by atomic mass is 9.83. The summed E-state index contributed by atoms with van der Waals surface area (Å²) in [6, 6.07) is 7.92. The lowest BCUT2D eigenvalue weighted by molar-refractivity contribution is 0.396. The number of ether oxygens (including phenoxy) is 1. The van der Waals surface area contributed by atoms with Crippen molar-refractivity contribution in [3.05, 3.63) is 85.3 Å². The van der Waals surface area contributed by atoms with Crippen LogP contribution < -0.4 is 26.7 Å². The number of allylic oxidation sites excluding steroid dienone is 1. The molecule has 11 heteroatoms. The van der Waals surface area contributed by atoms with E-state index in [0.717, 1.165) is 27.2 Å². The van der Waals surface area contributed by atoms with Gasteiger partial charge in [0.25, 0.3) is 5.56 Å². The van der Waals surface area contributed by atoms with Gasteiger partial charge in [-0.25, -0.2) is 17.6 Å². The van der Waals surface area contributed by atoms with Crippen molar-refractivity contribution in [1.82, 2.24) is 14.4 Å². The summed E-state index contributed by atoms with van der Waals surface area (Å²) < 4.78 is 46.8. The molecule has 0 fully saturated rings. The SMILES string of the molecule is COc1c(C(C)(C)C)cc(-n2ccc(=O)[nH]c2=O)c(F)c1-c1ccc2c(c1)CC/C2=C\S(=O)(=O)NN. The van der Waals surface area contributed by atoms with Gasteiger partial charge in [0.15, 0.2) is 5.82 Å². The first-order valence-electron chi connectivity index (χ1n) is 11.2. The molecular weight excluding hydrogens is 487 g/mol. The molecule has 0 radical (unpaired) electrons. The molecule has 0 atom stereocenters. The summed E-state index contributed by atoms with van der Waals surface area (Å²) in [5, 5.41) is 1.10. The minimum Gasteiger partial charge on any atom is -0.496 e. The number of nitrogens with two attached hydrogens (primary N) is 1. The fraction of sp³-hybridized carbons (Fsp3) is 0.280. The maximum absolute atomic E-state index is 16.2. The number of hydrogen-bond acceptors (Lipinski definition) is 6. The molecule has 36 heavy (non-hydrogen) atoms. The number of sulfonamides is 1. The van der Waals surface area contributed by atoms with Crippen LogP contribution in [0.25, 0.3) is 22.4 Å². The first-order chi connectivity index (χ1) is 16.9. The molecule has 1 aliphatic carbocycles. The van der Waals surface area contributed by atoms with Gasteiger partial charge in [0.05, 0.1) is 23.8 Å². The number of fused-ring (bicyclic) bond motifs is 1. The zero-order valence-electron chi connectivity index (χ0n) is 20.3. The fourth-order valence-corrected chi connectivity index (χ4v) is 5.14. The number of aromatic nitrogens is 2. The number of nitrogens with one attached hydrogen (secondary N) is 2. The highest BCUT2D eigenvalue weighted by Crippen LogP contribution is 2.45. The van der Waals surface area contributed by atoms with Crippen molar-refractivity contribution in [1.29, 1.82) is 0 Å². The lowest BCUT2D eigenvalue weighted by Crippen LogP contribution is -2.28. The number of hydrogen-bond donors (Lipinski definition) is 3. The van der Waals surface area contributed by atoms with Crippen molar-refractivity contribution in [3.8, 4) is 22.6 Å². The van der Waals surface area contributed by atoms with E-state index in [1.807, 2.05) is 20.8 Å². The van der Waals surface area contributed by atoms with Gasteiger partial charge in [-0.1, -0.05) is 39.0 Å². The number of rotatable bonds is 5. The van der Waals surface area contributed by atoms with Crippen molar-refractivity contribution < 1.29 is 17.5 Å². The van der Waals surface area contributed by atoms with Gasteiger partial charge in [0.2, 0.25) is 10.0 Å². The molecule has 0 saturated heterocycles. The van der Waals surface area contributed by atoms with E-state index in [9.17, 15) is 18.0 Å². The first kappa shape index (κ1) is 25.5. The van der Waals surface area contributed by atoms with Gasteiger partial charge in [-0.2, -0.15) is 4.83 Å². The van der Waals surface area contributed by atoms with E-state index in [0.29, 0.717) is 35.3 Å². The van der Waals surface area contributed by atoms with Gasteiger partial charge in [-0.05, 0) is 46.6 Å². The summed E-state index contributed by atoms with van der Waals surface area (Å²) in [6.45, 7) is 5.83. The number of hydrazine groups is 1. The maximum Gasteiger partial charge on any atom is 0.333 e. The van der Waals surface area contributed by atoms with Crippen LogP contribution in [0.4, 0.5) is 4.39 Å². The van der Waals surface area contributed by atoms with Crippen LogP contribution in [-0.4, -0.2) is 25.1 Å². The topological polar surface area (TPSA) is 136 Å². The third kappa shape index (κ3) is 4.64. The van der Waals surface area contributed by atoms with Crippen LogP contribution in [0, 0.1) is 5.82 Å². The van der Waals surface area contributed by atoms with Crippen molar-refractivity contribution in [3.63, 3.8) is 0 Å². The average Bonchev–Trinajstić information content (AvgIpc) is 3.19. The van der Waals surface area contributed by atoms with Gasteiger partial charge < -0.3 is 4.74 Å². The molecule has 190 valence electrons. The van der Waals surface area contributed by atoms with Crippen LogP contribution in [0.1, 0.15) is 43.9 Å². The Balaban J connectivity index is 1.99. The predicted molar refractivity (Wildman–Crippen MR) is 136 cm³/mol. The molecule has 1 aromatic heterocycles. The largest absolute Gasteiger partial charge is 0.496 e. The summed E-state index contributed by atoms with van der Waals surface area (Å²) in [6.07, 6.45) is 2.28. The zero-order chi connectivity index (χ0) is 26.4. The van der Waals surface area contributed by atoms with Crippen molar-refractivity contribution in [2.75, 3.05) is 7.11 Å². The quantitative estimate of drug-likeness (QED) is 0.354. The number of nitrogens with zero attached hydrogens (tertiary/aromatic N) is 1. The van der Waals surface area contributed by atoms with Crippen molar-refractivity contribution in [2.45, 2.75) is 39.0 Å². The molecule has 0 saturated carbocycles. The second kappa shape index (κ2) is 9.16. The van der Waals surface area contributed by atoms with E-state index in [2.05, 4.69) is 4.98 Å². The molecule has 4 rings (SSSR count). The molecule has 4 N–H and O–H groups in total. The Kier molecular flexibility index (Phi) is 6.50. The minimum absolute atomic E-state index is 0.0295. The van der Waals surface area contributed by atoms with Gasteiger partial charge in [-0.15, -0.1) is 0 Å². The van der Waals surface area contributed by atoms with Crippen LogP contribution in [0.3, 0.4) is 0 Å². The Hall–Kier alpha value is -3.54. The van der Waals surface area contributed by atoms with E-state index in [1.54, 1.807) is 29.1 Å². The summed E-state index contributed by atoms with van der Waals surface area (Å²) in [5.74, 6) is 4.73. The third-order valence-electron chi connectivity index (χ3n) is 6.16. The van der Waals surface area contributed by atoms with Crippen LogP contribution in [0.2, 0.25) is 0 Å². The molecule has 9 nitrogen and oxygen atoms in total. The van der Waals surface area contributed by atoms with Crippen LogP contribution in [0.5, 0.6) is 5.75 Å². The minimum atomic E-state index is -3.76. The normalized spacial score (nSPS) is 14.8. The Morgan fingerprint density at radius 2 is 1.89 bits per heavy atom. The Bertz CT molecular complexity index is 1610. The lowest BCUT2D eigenvalue weighted by Gasteiger charge is -2.26. The standard InChI is InChI=1S/C25H27FN4O5S/c1-25(2,3)18-12-19(30-10-9-20(31)28-24(30)32)22(26)21(23(18)35-4)15-7-8-17-14(11-15)5-6-16(17)13-36(33,34)29-27/h7-13,29H,5-6,27H2,1-4H3,(H,28,31,32)/b16-13+. The highest BCUT2D eigenvalue weighted by Gasteiger charge is 2.29. The van der Waals surface area contributed by atoms with Gasteiger partial charge in [-0.3, -0.25) is 20.2 Å². The van der Waals surface area contributed by atoms with Gasteiger partial charge >= 0.3 is 5.69 Å². The predicted octanol–water partition coefficient (Wildman–Crippen LogP) is 2.72. The van der Waals surface area contributed by atoms with E-state index in [1.165, 1.54) is 13.3 Å². The molecule has 0 unspecified atom stereocenters. The Morgan fingerprint density at radius 1 is 1.17 bits per heavy atom. The number of aryl methyl sites for hydroxylation is 1. The van der Waals surface area contributed by atoms with Crippen LogP contribution in [-0.2, 0) is 21.9 Å². The smallest absolute Gasteiger partial charge is 0.333 e. The van der Waals surface area contributed by atoms with Crippen molar-refractivity contribution >= 4 is 15.6 Å². The number of aromatic amines is 1. The van der Waals surface area contributed by atoms with Gasteiger partial charge in [0.1, 0.15) is 5.75 Å². The molecular formula is C25H27FN4O5S. The number of benzene rings is 2. The monoisotopic (exact) mass is 514 g/mol. The molecule has 2 aromatic carbocycles. The zero-order valence-corrected chi connectivity index (χ0v) is 21.1. The second-order valence-corrected chi connectivity index (χ2v) is 11.1. The Labute approximate surface area is 207 Å². The van der Waals surface area contributed by atoms with Crippen LogP contribution in [0.15, 0.2) is 51.5 Å². The highest BCUT2D eigenvalue weighted by atomic mass is 32.2. The first-order valence-corrected chi connectivity index (χ1v) is 12.7. The number of methoxy groups -OCH3 is 1. The van der Waals surface area contributed by atoms with E-state index in [4.69, 9.17) is 10.6 Å². The molecule has 3 aromatic rings. The second-order valence-electron chi connectivity index (χ2n) is 9.57. The molecule has 1 aliphatic rings. The van der Waals surface area contributed by atoms with E-state index in [-0.39, 0.29) is 11.3 Å². The molecule has 0 amide bonds. The fourth-order valence-electron chi connectivity index (χ4n) is 4.45. The van der Waals surface area contributed by atoms with Crippen molar-refractivity contribution in [2.24, 2.45) is 5.84 Å². The van der Waals surface area contributed by atoms with E-state index < -0.39 is 32.5 Å². The molecule has 0 bridgehead atoms. The highest BCUT2D eigenvalue weighted by molar-refractivity contribution is 7.92. The maximum atomic E-state index is 16.2. The van der Waals surface area contributed by atoms with E-state index >= 15 is 4.39 Å². The van der Waals surface area contributed by atoms with Gasteiger partial charge in [0, 0.05) is 17.8 Å². The average molecular weight is 515 g/mol. The summed E-state index contributed by atoms with van der Waals surface area (Å²) in [7, 11) is -2.31. The van der Waals surface area contributed by atoms with Crippen LogP contribution >= 0.6 is 0 Å². The summed E-state index contributed by atoms with van der Waals surface area (Å²) in [5.41, 5.74) is 1.65. The molecule has 0 aliphatic heterocycles. The summed E-state index contributed by atoms with van der Waals surface area (Å²) in [4.78, 5) is 28.0.